The standard InChI is InChI=1S/C63H92N6/c1-61(2,3)40-29-31-53-47(34-40)48-35-41(62(4,5)6)30-32-54(48)69(53)56-36-55(68-51-27-16-13-22-43(51)44-23-14-17-28-52(44)68)39(37-64)33-49(56)60-66-58(38-19-10-9-11-20-38)65-59(67-60)46-25-18-24-45-42-21-12-15-26-50(42)63(7,8)57(45)46/h12,15,19,21,24,33,36,39-41,43,46-48,50-51,53-55,57-60,65-67H,9-11,13-14,16-18,20,22-23,25-32,34-35H2,1-8H3. The maximum Gasteiger partial charge on any atom is 0.0891 e. The van der Waals surface area contributed by atoms with E-state index in [-0.39, 0.29) is 35.9 Å². The van der Waals surface area contributed by atoms with Gasteiger partial charge in [-0.3, -0.25) is 16.0 Å². The third kappa shape index (κ3) is 8.01. The molecule has 3 N–H and O–H groups in total. The molecule has 9 aliphatic carbocycles. The Morgan fingerprint density at radius 1 is 0.652 bits per heavy atom. The summed E-state index contributed by atoms with van der Waals surface area (Å²) in [5, 5.41) is 24.9. The molecule has 0 amide bonds. The van der Waals surface area contributed by atoms with Crippen LogP contribution in [0.4, 0.5) is 0 Å². The summed E-state index contributed by atoms with van der Waals surface area (Å²) < 4.78 is 0. The summed E-state index contributed by atoms with van der Waals surface area (Å²) in [6, 6.07) is 4.83. The number of nitrogens with zero attached hydrogens (tertiary/aromatic N) is 3. The number of allylic oxidation sites excluding steroid dienone is 8. The Balaban J connectivity index is 0.979. The van der Waals surface area contributed by atoms with Crippen LogP contribution in [0.5, 0.6) is 0 Å². The molecule has 12 aliphatic rings. The van der Waals surface area contributed by atoms with Crippen molar-refractivity contribution in [2.24, 2.45) is 69.5 Å². The average Bonchev–Trinajstić information content (AvgIpc) is 3.95. The molecule has 69 heavy (non-hydrogen) atoms. The Bertz CT molecular complexity index is 2220. The molecule has 0 radical (unpaired) electrons. The molecule has 0 aromatic heterocycles. The summed E-state index contributed by atoms with van der Waals surface area (Å²) in [7, 11) is 0. The second-order valence-corrected chi connectivity index (χ2v) is 27.9. The topological polar surface area (TPSA) is 66.4 Å². The number of likely N-dealkylation sites (tertiary alicyclic amines) is 1. The zero-order chi connectivity index (χ0) is 47.6. The van der Waals surface area contributed by atoms with E-state index in [1.165, 1.54) is 133 Å². The molecule has 0 bridgehead atoms. The van der Waals surface area contributed by atoms with Crippen molar-refractivity contribution in [3.05, 3.63) is 81.8 Å². The third-order valence-electron chi connectivity index (χ3n) is 22.1. The molecule has 2 saturated heterocycles. The molecule has 3 heterocycles. The highest BCUT2D eigenvalue weighted by atomic mass is 15.4. The van der Waals surface area contributed by atoms with E-state index in [0.29, 0.717) is 52.6 Å². The Morgan fingerprint density at radius 2 is 1.36 bits per heavy atom. The maximum atomic E-state index is 11.7. The van der Waals surface area contributed by atoms with Gasteiger partial charge >= 0.3 is 0 Å². The highest BCUT2D eigenvalue weighted by Gasteiger charge is 2.58. The summed E-state index contributed by atoms with van der Waals surface area (Å²) in [6.45, 7) is 20.4. The van der Waals surface area contributed by atoms with Crippen molar-refractivity contribution in [1.29, 1.82) is 5.26 Å². The lowest BCUT2D eigenvalue weighted by molar-refractivity contribution is 0.0744. The van der Waals surface area contributed by atoms with E-state index >= 15 is 0 Å². The fourth-order valence-corrected chi connectivity index (χ4v) is 18.7. The van der Waals surface area contributed by atoms with Gasteiger partial charge in [-0.15, -0.1) is 0 Å². The van der Waals surface area contributed by atoms with Crippen molar-refractivity contribution in [3.63, 3.8) is 0 Å². The van der Waals surface area contributed by atoms with Crippen LogP contribution in [0, 0.1) is 80.8 Å². The van der Waals surface area contributed by atoms with E-state index in [2.05, 4.69) is 130 Å². The molecule has 6 nitrogen and oxygen atoms in total. The fraction of sp³-hybridized carbons (Fsp3) is 0.762. The van der Waals surface area contributed by atoms with E-state index in [4.69, 9.17) is 0 Å². The molecule has 16 unspecified atom stereocenters. The zero-order valence-corrected chi connectivity index (χ0v) is 44.5. The lowest BCUT2D eigenvalue weighted by Gasteiger charge is -2.51. The van der Waals surface area contributed by atoms with Crippen LogP contribution in [-0.2, 0) is 0 Å². The Morgan fingerprint density at radius 3 is 2.07 bits per heavy atom. The molecule has 0 aromatic carbocycles. The van der Waals surface area contributed by atoms with Crippen molar-refractivity contribution in [2.45, 2.75) is 233 Å². The van der Waals surface area contributed by atoms with Gasteiger partial charge < -0.3 is 9.80 Å². The van der Waals surface area contributed by atoms with Gasteiger partial charge in [0.05, 0.1) is 36.5 Å². The van der Waals surface area contributed by atoms with Crippen LogP contribution in [0.2, 0.25) is 0 Å². The van der Waals surface area contributed by atoms with Gasteiger partial charge in [0, 0.05) is 41.0 Å². The van der Waals surface area contributed by atoms with Gasteiger partial charge in [-0.2, -0.15) is 5.26 Å². The summed E-state index contributed by atoms with van der Waals surface area (Å²) in [5.74, 6) is 5.06. The minimum absolute atomic E-state index is 0.0473. The number of nitrogens with one attached hydrogen (secondary N) is 3. The molecule has 374 valence electrons. The molecule has 4 saturated carbocycles. The normalized spacial score (nSPS) is 42.9. The molecule has 0 spiro atoms. The highest BCUT2D eigenvalue weighted by molar-refractivity contribution is 5.50. The van der Waals surface area contributed by atoms with Crippen LogP contribution in [0.1, 0.15) is 190 Å². The first-order valence-electron chi connectivity index (χ1n) is 29.4. The lowest BCUT2D eigenvalue weighted by Crippen LogP contribution is -2.71. The van der Waals surface area contributed by atoms with Gasteiger partial charge in [0.2, 0.25) is 0 Å². The second-order valence-electron chi connectivity index (χ2n) is 27.9. The minimum atomic E-state index is -0.188. The molecule has 6 heteroatoms. The Labute approximate surface area is 419 Å². The van der Waals surface area contributed by atoms with Crippen molar-refractivity contribution >= 4 is 0 Å². The number of fused-ring (bicyclic) bond motifs is 8. The van der Waals surface area contributed by atoms with E-state index in [0.717, 1.165) is 36.5 Å². The summed E-state index contributed by atoms with van der Waals surface area (Å²) in [4.78, 5) is 6.09. The van der Waals surface area contributed by atoms with Gasteiger partial charge in [-0.25, -0.2) is 0 Å². The van der Waals surface area contributed by atoms with Gasteiger partial charge in [0.1, 0.15) is 0 Å². The first-order chi connectivity index (χ1) is 33.2. The summed E-state index contributed by atoms with van der Waals surface area (Å²) >= 11 is 0. The van der Waals surface area contributed by atoms with Gasteiger partial charge in [0.25, 0.3) is 0 Å². The average molecular weight is 933 g/mol. The molecular formula is C63H92N6. The van der Waals surface area contributed by atoms with Crippen LogP contribution in [0.15, 0.2) is 81.8 Å². The van der Waals surface area contributed by atoms with Gasteiger partial charge in [0.15, 0.2) is 0 Å². The quantitative estimate of drug-likeness (QED) is 0.239. The van der Waals surface area contributed by atoms with Gasteiger partial charge in [-0.1, -0.05) is 105 Å². The predicted molar refractivity (Wildman–Crippen MR) is 283 cm³/mol. The first-order valence-corrected chi connectivity index (χ1v) is 29.4. The molecule has 12 rings (SSSR count). The van der Waals surface area contributed by atoms with E-state index in [1.807, 2.05) is 0 Å². The van der Waals surface area contributed by atoms with Crippen LogP contribution in [0.25, 0.3) is 0 Å². The Hall–Kier alpha value is -2.85. The highest BCUT2D eigenvalue weighted by Crippen LogP contribution is 2.62. The van der Waals surface area contributed by atoms with Crippen LogP contribution in [0.3, 0.4) is 0 Å². The van der Waals surface area contributed by atoms with Crippen molar-refractivity contribution < 1.29 is 0 Å². The maximum absolute atomic E-state index is 11.7. The molecule has 3 aliphatic heterocycles. The number of hydrogen-bond acceptors (Lipinski definition) is 6. The molecule has 16 atom stereocenters. The van der Waals surface area contributed by atoms with Crippen LogP contribution >= 0.6 is 0 Å². The number of hydrogen-bond donors (Lipinski definition) is 3. The smallest absolute Gasteiger partial charge is 0.0891 e. The van der Waals surface area contributed by atoms with Crippen LogP contribution in [-0.4, -0.2) is 52.5 Å². The van der Waals surface area contributed by atoms with Crippen molar-refractivity contribution in [3.8, 4) is 6.07 Å². The fourth-order valence-electron chi connectivity index (χ4n) is 18.7. The monoisotopic (exact) mass is 933 g/mol. The molecule has 0 aromatic rings. The largest absolute Gasteiger partial charge is 0.365 e. The van der Waals surface area contributed by atoms with Crippen molar-refractivity contribution in [1.82, 2.24) is 25.8 Å². The molecule has 6 fully saturated rings. The predicted octanol–water partition coefficient (Wildman–Crippen LogP) is 13.8. The lowest BCUT2D eigenvalue weighted by atomic mass is 9.61. The van der Waals surface area contributed by atoms with Crippen molar-refractivity contribution in [2.75, 3.05) is 0 Å². The minimum Gasteiger partial charge on any atom is -0.365 e. The van der Waals surface area contributed by atoms with E-state index < -0.39 is 0 Å². The second kappa shape index (κ2) is 18.0. The van der Waals surface area contributed by atoms with E-state index in [9.17, 15) is 5.26 Å². The SMILES string of the molecule is CC(C)(C)C1CCC2C(C1)C1CC(C(C)(C)C)CCC1N2C1=CC(N2C3=C(CCCC3)C3CCCCC32)C(C#N)C=C1C1NC(C2=CCCCC2)NC(C2CCC=C3C4=CC=CCC4C(C)(C)C32)N1. The van der Waals surface area contributed by atoms with E-state index in [1.54, 1.807) is 28.0 Å². The summed E-state index contributed by atoms with van der Waals surface area (Å²) in [5.41, 5.74) is 12.1. The zero-order valence-electron chi connectivity index (χ0n) is 44.5. The van der Waals surface area contributed by atoms with Gasteiger partial charge in [-0.05, 0) is 208 Å². The summed E-state index contributed by atoms with van der Waals surface area (Å²) in [6.07, 6.45) is 44.9. The Kier molecular flexibility index (Phi) is 12.3. The number of rotatable bonds is 5. The third-order valence-corrected chi connectivity index (χ3v) is 22.1. The molecular weight excluding hydrogens is 841 g/mol. The first kappa shape index (κ1) is 47.2. The van der Waals surface area contributed by atoms with Crippen LogP contribution < -0.4 is 16.0 Å². The number of nitriles is 1.